The summed E-state index contributed by atoms with van der Waals surface area (Å²) >= 11 is 1.35. The first-order valence-corrected chi connectivity index (χ1v) is 6.05. The zero-order chi connectivity index (χ0) is 12.8. The zero-order valence-electron chi connectivity index (χ0n) is 9.73. The normalized spacial score (nSPS) is 12.2. The maximum atomic E-state index is 11.2. The van der Waals surface area contributed by atoms with Crippen molar-refractivity contribution in [2.45, 2.75) is 24.5 Å². The van der Waals surface area contributed by atoms with Gasteiger partial charge in [0.05, 0.1) is 7.11 Å². The lowest BCUT2D eigenvalue weighted by atomic mass is 10.2. The third-order valence-corrected chi connectivity index (χ3v) is 2.93. The molecule has 0 aromatic carbocycles. The summed E-state index contributed by atoms with van der Waals surface area (Å²) in [5, 5.41) is 0.534. The summed E-state index contributed by atoms with van der Waals surface area (Å²) in [5.41, 5.74) is 6.05. The molecular formula is C10H15N3O3S. The van der Waals surface area contributed by atoms with Gasteiger partial charge in [-0.2, -0.15) is 0 Å². The second-order valence-electron chi connectivity index (χ2n) is 3.46. The second kappa shape index (κ2) is 6.41. The molecule has 1 unspecified atom stereocenters. The first-order chi connectivity index (χ1) is 8.02. The van der Waals surface area contributed by atoms with Crippen LogP contribution in [-0.2, 0) is 9.53 Å². The van der Waals surface area contributed by atoms with Crippen molar-refractivity contribution in [3.8, 4) is 0 Å². The monoisotopic (exact) mass is 257 g/mol. The molecule has 0 radical (unpaired) electrons. The Labute approximate surface area is 103 Å². The van der Waals surface area contributed by atoms with E-state index in [0.717, 1.165) is 0 Å². The standard InChI is InChI=1S/C10H15N3O3S/c1-6-5-8(14)13-10(12-6)17-4-3-7(11)9(15)16-2/h5,7H,3-4,11H2,1-2H3,(H,12,13,14). The number of methoxy groups -OCH3 is 1. The van der Waals surface area contributed by atoms with Crippen molar-refractivity contribution in [1.29, 1.82) is 0 Å². The number of thioether (sulfide) groups is 1. The highest BCUT2D eigenvalue weighted by molar-refractivity contribution is 7.99. The number of rotatable bonds is 5. The molecule has 0 amide bonds. The van der Waals surface area contributed by atoms with Gasteiger partial charge in [-0.15, -0.1) is 0 Å². The highest BCUT2D eigenvalue weighted by atomic mass is 32.2. The molecule has 1 aromatic rings. The number of carbonyl (C=O) groups is 1. The van der Waals surface area contributed by atoms with Crippen molar-refractivity contribution < 1.29 is 9.53 Å². The minimum atomic E-state index is -0.635. The number of aromatic amines is 1. The lowest BCUT2D eigenvalue weighted by molar-refractivity contribution is -0.142. The maximum absolute atomic E-state index is 11.2. The number of carbonyl (C=O) groups excluding carboxylic acids is 1. The highest BCUT2D eigenvalue weighted by Crippen LogP contribution is 2.13. The lowest BCUT2D eigenvalue weighted by Crippen LogP contribution is -2.32. The third-order valence-electron chi connectivity index (χ3n) is 2.02. The molecule has 94 valence electrons. The van der Waals surface area contributed by atoms with Gasteiger partial charge in [0.25, 0.3) is 5.56 Å². The van der Waals surface area contributed by atoms with Gasteiger partial charge in [-0.1, -0.05) is 11.8 Å². The molecule has 0 saturated carbocycles. The molecule has 3 N–H and O–H groups in total. The minimum absolute atomic E-state index is 0.183. The van der Waals surface area contributed by atoms with Gasteiger partial charge < -0.3 is 15.5 Å². The summed E-state index contributed by atoms with van der Waals surface area (Å²) in [6.45, 7) is 1.75. The number of nitrogens with zero attached hydrogens (tertiary/aromatic N) is 1. The van der Waals surface area contributed by atoms with E-state index in [1.54, 1.807) is 6.92 Å². The molecule has 1 heterocycles. The van der Waals surface area contributed by atoms with E-state index >= 15 is 0 Å². The van der Waals surface area contributed by atoms with Crippen LogP contribution in [0.5, 0.6) is 0 Å². The van der Waals surface area contributed by atoms with Crippen molar-refractivity contribution >= 4 is 17.7 Å². The number of nitrogens with two attached hydrogens (primary N) is 1. The van der Waals surface area contributed by atoms with Crippen LogP contribution < -0.4 is 11.3 Å². The van der Waals surface area contributed by atoms with E-state index in [1.165, 1.54) is 24.9 Å². The van der Waals surface area contributed by atoms with Crippen LogP contribution in [0.15, 0.2) is 16.0 Å². The topological polar surface area (TPSA) is 98.1 Å². The zero-order valence-corrected chi connectivity index (χ0v) is 10.5. The quantitative estimate of drug-likeness (QED) is 0.440. The Bertz CT molecular complexity index is 447. The Hall–Kier alpha value is -1.34. The molecule has 1 aromatic heterocycles. The van der Waals surface area contributed by atoms with Gasteiger partial charge >= 0.3 is 5.97 Å². The summed E-state index contributed by atoms with van der Waals surface area (Å²) in [4.78, 5) is 28.9. The van der Waals surface area contributed by atoms with Crippen LogP contribution in [0.1, 0.15) is 12.1 Å². The number of ether oxygens (including phenoxy) is 1. The predicted octanol–water partition coefficient (Wildman–Crippen LogP) is 0.0608. The Morgan fingerprint density at radius 3 is 3.00 bits per heavy atom. The van der Waals surface area contributed by atoms with E-state index in [4.69, 9.17) is 5.73 Å². The van der Waals surface area contributed by atoms with E-state index < -0.39 is 12.0 Å². The van der Waals surface area contributed by atoms with Crippen LogP contribution >= 0.6 is 11.8 Å². The molecule has 0 aliphatic rings. The fourth-order valence-electron chi connectivity index (χ4n) is 1.17. The smallest absolute Gasteiger partial charge is 0.322 e. The number of esters is 1. The molecule has 1 atom stereocenters. The van der Waals surface area contributed by atoms with E-state index in [9.17, 15) is 9.59 Å². The summed E-state index contributed by atoms with van der Waals surface area (Å²) in [7, 11) is 1.30. The maximum Gasteiger partial charge on any atom is 0.322 e. The van der Waals surface area contributed by atoms with Gasteiger partial charge in [-0.25, -0.2) is 4.98 Å². The predicted molar refractivity (Wildman–Crippen MR) is 64.9 cm³/mol. The molecule has 1 rings (SSSR count). The number of H-pyrrole nitrogens is 1. The molecule has 7 heteroatoms. The van der Waals surface area contributed by atoms with Gasteiger partial charge in [0.15, 0.2) is 5.16 Å². The van der Waals surface area contributed by atoms with E-state index in [2.05, 4.69) is 14.7 Å². The largest absolute Gasteiger partial charge is 0.468 e. The minimum Gasteiger partial charge on any atom is -0.468 e. The number of nitrogens with one attached hydrogen (secondary N) is 1. The molecule has 17 heavy (non-hydrogen) atoms. The second-order valence-corrected chi connectivity index (χ2v) is 4.54. The molecule has 0 spiro atoms. The highest BCUT2D eigenvalue weighted by Gasteiger charge is 2.13. The van der Waals surface area contributed by atoms with Gasteiger partial charge in [0.2, 0.25) is 0 Å². The SMILES string of the molecule is COC(=O)C(N)CCSc1nc(C)cc(=O)[nH]1. The van der Waals surface area contributed by atoms with Crippen LogP contribution in [0.3, 0.4) is 0 Å². The summed E-state index contributed by atoms with van der Waals surface area (Å²) < 4.78 is 4.51. The van der Waals surface area contributed by atoms with Crippen molar-refractivity contribution in [3.63, 3.8) is 0 Å². The molecule has 0 saturated heterocycles. The average molecular weight is 257 g/mol. The number of aryl methyl sites for hydroxylation is 1. The molecule has 0 aliphatic carbocycles. The van der Waals surface area contributed by atoms with Crippen LogP contribution in [-0.4, -0.2) is 34.8 Å². The summed E-state index contributed by atoms with van der Waals surface area (Å²) in [5.74, 6) is 0.152. The summed E-state index contributed by atoms with van der Waals surface area (Å²) in [6.07, 6.45) is 0.467. The van der Waals surface area contributed by atoms with Crippen molar-refractivity contribution in [3.05, 3.63) is 22.1 Å². The van der Waals surface area contributed by atoms with Gasteiger partial charge in [-0.3, -0.25) is 9.59 Å². The first-order valence-electron chi connectivity index (χ1n) is 5.07. The van der Waals surface area contributed by atoms with E-state index in [-0.39, 0.29) is 5.56 Å². The van der Waals surface area contributed by atoms with Gasteiger partial charge in [0, 0.05) is 17.5 Å². The number of hydrogen-bond donors (Lipinski definition) is 2. The van der Waals surface area contributed by atoms with E-state index in [0.29, 0.717) is 23.0 Å². The Morgan fingerprint density at radius 2 is 2.41 bits per heavy atom. The molecular weight excluding hydrogens is 242 g/mol. The summed E-state index contributed by atoms with van der Waals surface area (Å²) in [6, 6.07) is 0.786. The van der Waals surface area contributed by atoms with Crippen LogP contribution in [0.2, 0.25) is 0 Å². The third kappa shape index (κ3) is 4.58. The Morgan fingerprint density at radius 1 is 1.71 bits per heavy atom. The fourth-order valence-corrected chi connectivity index (χ4v) is 2.12. The van der Waals surface area contributed by atoms with Crippen LogP contribution in [0.25, 0.3) is 0 Å². The molecule has 0 fully saturated rings. The van der Waals surface area contributed by atoms with Crippen LogP contribution in [0.4, 0.5) is 0 Å². The molecule has 6 nitrogen and oxygen atoms in total. The van der Waals surface area contributed by atoms with Crippen molar-refractivity contribution in [1.82, 2.24) is 9.97 Å². The average Bonchev–Trinajstić information content (AvgIpc) is 2.26. The molecule has 0 bridgehead atoms. The number of hydrogen-bond acceptors (Lipinski definition) is 6. The van der Waals surface area contributed by atoms with Crippen LogP contribution in [0, 0.1) is 6.92 Å². The van der Waals surface area contributed by atoms with E-state index in [1.807, 2.05) is 0 Å². The number of aromatic nitrogens is 2. The molecule has 0 aliphatic heterocycles. The van der Waals surface area contributed by atoms with Gasteiger partial charge in [0.1, 0.15) is 6.04 Å². The van der Waals surface area contributed by atoms with Crippen molar-refractivity contribution in [2.75, 3.05) is 12.9 Å². The lowest BCUT2D eigenvalue weighted by Gasteiger charge is -2.08. The van der Waals surface area contributed by atoms with Crippen molar-refractivity contribution in [2.24, 2.45) is 5.73 Å². The first kappa shape index (κ1) is 13.7. The fraction of sp³-hybridized carbons (Fsp3) is 0.500. The Balaban J connectivity index is 2.46. The Kier molecular flexibility index (Phi) is 5.17. The van der Waals surface area contributed by atoms with Gasteiger partial charge in [-0.05, 0) is 13.3 Å².